The zero-order valence-corrected chi connectivity index (χ0v) is 11.7. The molecule has 1 aromatic heterocycles. The Morgan fingerprint density at radius 3 is 2.74 bits per heavy atom. The molecule has 4 nitrogen and oxygen atoms in total. The SMILES string of the molecule is NCCCn1cc(CC(=O)O)c2ccc(Cl)c(Cl)c21. The van der Waals surface area contributed by atoms with Crippen LogP contribution in [0.3, 0.4) is 0 Å². The van der Waals surface area contributed by atoms with Gasteiger partial charge in [-0.2, -0.15) is 0 Å². The Hall–Kier alpha value is -1.23. The second-order valence-corrected chi connectivity index (χ2v) is 5.10. The Kier molecular flexibility index (Phi) is 4.34. The monoisotopic (exact) mass is 300 g/mol. The van der Waals surface area contributed by atoms with Crippen LogP contribution in [-0.4, -0.2) is 22.2 Å². The summed E-state index contributed by atoms with van der Waals surface area (Å²) in [6, 6.07) is 3.49. The van der Waals surface area contributed by atoms with Crippen molar-refractivity contribution in [3.05, 3.63) is 33.9 Å². The first kappa shape index (κ1) is 14.2. The first-order valence-corrected chi connectivity index (χ1v) is 6.67. The molecule has 0 amide bonds. The molecule has 0 spiro atoms. The van der Waals surface area contributed by atoms with Crippen molar-refractivity contribution in [2.24, 2.45) is 5.73 Å². The molecule has 0 saturated heterocycles. The van der Waals surface area contributed by atoms with Gasteiger partial charge in [-0.25, -0.2) is 0 Å². The Balaban J connectivity index is 2.59. The highest BCUT2D eigenvalue weighted by Gasteiger charge is 2.15. The molecular formula is C13H14Cl2N2O2. The summed E-state index contributed by atoms with van der Waals surface area (Å²) in [5, 5.41) is 10.7. The second kappa shape index (κ2) is 5.82. The van der Waals surface area contributed by atoms with E-state index in [1.54, 1.807) is 12.1 Å². The van der Waals surface area contributed by atoms with E-state index in [1.165, 1.54) is 0 Å². The summed E-state index contributed by atoms with van der Waals surface area (Å²) in [5.74, 6) is -0.871. The van der Waals surface area contributed by atoms with Crippen LogP contribution in [0.15, 0.2) is 18.3 Å². The number of carbonyl (C=O) groups is 1. The maximum absolute atomic E-state index is 10.9. The molecule has 2 aromatic rings. The van der Waals surface area contributed by atoms with Gasteiger partial charge >= 0.3 is 5.97 Å². The third kappa shape index (κ3) is 2.86. The molecule has 0 fully saturated rings. The van der Waals surface area contributed by atoms with Crippen LogP contribution in [0.25, 0.3) is 10.9 Å². The van der Waals surface area contributed by atoms with E-state index in [4.69, 9.17) is 34.0 Å². The number of carboxylic acids is 1. The molecule has 3 N–H and O–H groups in total. The topological polar surface area (TPSA) is 68.2 Å². The number of rotatable bonds is 5. The van der Waals surface area contributed by atoms with Gasteiger partial charge in [-0.15, -0.1) is 0 Å². The number of hydrogen-bond acceptors (Lipinski definition) is 2. The van der Waals surface area contributed by atoms with Gasteiger partial charge in [0, 0.05) is 18.1 Å². The number of carboxylic acid groups (broad SMARTS) is 1. The highest BCUT2D eigenvalue weighted by Crippen LogP contribution is 2.34. The highest BCUT2D eigenvalue weighted by molar-refractivity contribution is 6.45. The lowest BCUT2D eigenvalue weighted by Gasteiger charge is -2.06. The molecule has 0 bridgehead atoms. The van der Waals surface area contributed by atoms with Gasteiger partial charge in [-0.05, 0) is 24.6 Å². The van der Waals surface area contributed by atoms with E-state index in [-0.39, 0.29) is 6.42 Å². The summed E-state index contributed by atoms with van der Waals surface area (Å²) in [7, 11) is 0. The maximum atomic E-state index is 10.9. The fourth-order valence-electron chi connectivity index (χ4n) is 2.14. The average Bonchev–Trinajstić information content (AvgIpc) is 2.69. The van der Waals surface area contributed by atoms with Crippen LogP contribution in [-0.2, 0) is 17.8 Å². The van der Waals surface area contributed by atoms with E-state index >= 15 is 0 Å². The van der Waals surface area contributed by atoms with E-state index in [2.05, 4.69) is 0 Å². The van der Waals surface area contributed by atoms with Gasteiger partial charge < -0.3 is 15.4 Å². The molecule has 0 aliphatic rings. The fourth-order valence-corrected chi connectivity index (χ4v) is 2.57. The molecule has 102 valence electrons. The van der Waals surface area contributed by atoms with Gasteiger partial charge in [0.15, 0.2) is 0 Å². The summed E-state index contributed by atoms with van der Waals surface area (Å²) in [5.41, 5.74) is 7.02. The Morgan fingerprint density at radius 1 is 1.37 bits per heavy atom. The van der Waals surface area contributed by atoms with E-state index < -0.39 is 5.97 Å². The smallest absolute Gasteiger partial charge is 0.307 e. The predicted molar refractivity (Wildman–Crippen MR) is 77.0 cm³/mol. The van der Waals surface area contributed by atoms with Gasteiger partial charge in [0.2, 0.25) is 0 Å². The van der Waals surface area contributed by atoms with Gasteiger partial charge in [0.25, 0.3) is 0 Å². The van der Waals surface area contributed by atoms with Gasteiger partial charge in [-0.3, -0.25) is 4.79 Å². The van der Waals surface area contributed by atoms with E-state index in [0.29, 0.717) is 23.1 Å². The summed E-state index contributed by atoms with van der Waals surface area (Å²) in [6.45, 7) is 1.25. The van der Waals surface area contributed by atoms with Gasteiger partial charge in [0.1, 0.15) is 0 Å². The standard InChI is InChI=1S/C13H14Cl2N2O2/c14-10-3-2-9-8(6-11(18)19)7-17(5-1-4-16)13(9)12(10)15/h2-3,7H,1,4-6,16H2,(H,18,19). The van der Waals surface area contributed by atoms with E-state index in [9.17, 15) is 4.79 Å². The number of aryl methyl sites for hydroxylation is 1. The minimum Gasteiger partial charge on any atom is -0.481 e. The molecule has 0 radical (unpaired) electrons. The third-order valence-corrected chi connectivity index (χ3v) is 3.75. The lowest BCUT2D eigenvalue weighted by molar-refractivity contribution is -0.136. The van der Waals surface area contributed by atoms with Crippen LogP contribution in [0.1, 0.15) is 12.0 Å². The Morgan fingerprint density at radius 2 is 2.11 bits per heavy atom. The number of nitrogens with two attached hydrogens (primary N) is 1. The van der Waals surface area contributed by atoms with Crippen LogP contribution in [0.5, 0.6) is 0 Å². The molecule has 0 aliphatic carbocycles. The molecular weight excluding hydrogens is 287 g/mol. The summed E-state index contributed by atoms with van der Waals surface area (Å²) in [4.78, 5) is 10.9. The van der Waals surface area contributed by atoms with Crippen LogP contribution < -0.4 is 5.73 Å². The number of aliphatic carboxylic acids is 1. The van der Waals surface area contributed by atoms with Crippen molar-refractivity contribution in [2.75, 3.05) is 6.54 Å². The summed E-state index contributed by atoms with van der Waals surface area (Å²) >= 11 is 12.3. The lowest BCUT2D eigenvalue weighted by atomic mass is 10.1. The highest BCUT2D eigenvalue weighted by atomic mass is 35.5. The van der Waals surface area contributed by atoms with Crippen molar-refractivity contribution >= 4 is 40.1 Å². The van der Waals surface area contributed by atoms with Crippen molar-refractivity contribution in [1.29, 1.82) is 0 Å². The summed E-state index contributed by atoms with van der Waals surface area (Å²) < 4.78 is 1.93. The Labute approximate surface area is 120 Å². The number of benzene rings is 1. The first-order valence-electron chi connectivity index (χ1n) is 5.92. The minimum absolute atomic E-state index is 0.0376. The molecule has 6 heteroatoms. The number of halogens is 2. The molecule has 19 heavy (non-hydrogen) atoms. The molecule has 2 rings (SSSR count). The number of aromatic nitrogens is 1. The van der Waals surface area contributed by atoms with Gasteiger partial charge in [-0.1, -0.05) is 29.3 Å². The Bertz CT molecular complexity index is 623. The number of hydrogen-bond donors (Lipinski definition) is 2. The minimum atomic E-state index is -0.871. The van der Waals surface area contributed by atoms with Crippen LogP contribution in [0.4, 0.5) is 0 Å². The molecule has 1 heterocycles. The van der Waals surface area contributed by atoms with E-state index in [1.807, 2.05) is 10.8 Å². The largest absolute Gasteiger partial charge is 0.481 e. The maximum Gasteiger partial charge on any atom is 0.307 e. The summed E-state index contributed by atoms with van der Waals surface area (Å²) in [6.07, 6.45) is 2.57. The first-order chi connectivity index (χ1) is 9.04. The van der Waals surface area contributed by atoms with Crippen LogP contribution >= 0.6 is 23.2 Å². The zero-order valence-electron chi connectivity index (χ0n) is 10.2. The average molecular weight is 301 g/mol. The third-order valence-electron chi connectivity index (χ3n) is 2.96. The number of nitrogens with zero attached hydrogens (tertiary/aromatic N) is 1. The van der Waals surface area contributed by atoms with Crippen LogP contribution in [0, 0.1) is 0 Å². The van der Waals surface area contributed by atoms with Crippen molar-refractivity contribution in [3.63, 3.8) is 0 Å². The molecule has 0 aliphatic heterocycles. The van der Waals surface area contributed by atoms with Gasteiger partial charge in [0.05, 0.1) is 22.0 Å². The van der Waals surface area contributed by atoms with Crippen molar-refractivity contribution < 1.29 is 9.90 Å². The predicted octanol–water partition coefficient (Wildman–Crippen LogP) is 2.92. The van der Waals surface area contributed by atoms with Crippen molar-refractivity contribution in [2.45, 2.75) is 19.4 Å². The van der Waals surface area contributed by atoms with Crippen molar-refractivity contribution in [1.82, 2.24) is 4.57 Å². The quantitative estimate of drug-likeness (QED) is 0.892. The van der Waals surface area contributed by atoms with E-state index in [0.717, 1.165) is 22.9 Å². The fraction of sp³-hybridized carbons (Fsp3) is 0.308. The number of fused-ring (bicyclic) bond motifs is 1. The molecule has 0 unspecified atom stereocenters. The molecule has 0 atom stereocenters. The molecule has 1 aromatic carbocycles. The lowest BCUT2D eigenvalue weighted by Crippen LogP contribution is -2.05. The van der Waals surface area contributed by atoms with Crippen LogP contribution in [0.2, 0.25) is 10.0 Å². The van der Waals surface area contributed by atoms with Crippen molar-refractivity contribution in [3.8, 4) is 0 Å². The second-order valence-electron chi connectivity index (χ2n) is 4.32. The normalized spacial score (nSPS) is 11.1. The zero-order chi connectivity index (χ0) is 14.0. The molecule has 0 saturated carbocycles.